The molecule has 2 saturated carbocycles. The summed E-state index contributed by atoms with van der Waals surface area (Å²) >= 11 is 0. The summed E-state index contributed by atoms with van der Waals surface area (Å²) in [5, 5.41) is 13.8. The van der Waals surface area contributed by atoms with Crippen LogP contribution in [0.15, 0.2) is 132 Å². The molecule has 3 aliphatic rings. The Hall–Kier alpha value is -5.08. The van der Waals surface area contributed by atoms with E-state index in [1.165, 1.54) is 80.9 Å². The van der Waals surface area contributed by atoms with Gasteiger partial charge in [-0.3, -0.25) is 0 Å². The van der Waals surface area contributed by atoms with E-state index in [0.29, 0.717) is 35.9 Å². The van der Waals surface area contributed by atoms with Crippen LogP contribution in [0.25, 0.3) is 11.1 Å². The van der Waals surface area contributed by atoms with Crippen LogP contribution in [0.1, 0.15) is 159 Å². The van der Waals surface area contributed by atoms with Crippen LogP contribution >= 0.6 is 0 Å². The molecule has 5 aromatic rings. The Morgan fingerprint density at radius 2 is 1.20 bits per heavy atom. The van der Waals surface area contributed by atoms with Gasteiger partial charge in [0.1, 0.15) is 5.75 Å². The summed E-state index contributed by atoms with van der Waals surface area (Å²) in [6, 6.07) is 42.2. The fourth-order valence-corrected chi connectivity index (χ4v) is 9.07. The number of rotatable bonds is 10. The van der Waals surface area contributed by atoms with Crippen LogP contribution in [0.4, 0.5) is 5.69 Å². The molecule has 2 N–H and O–H groups in total. The molecule has 1 aliphatic heterocycles. The van der Waals surface area contributed by atoms with E-state index in [2.05, 4.69) is 71.3 Å². The van der Waals surface area contributed by atoms with Crippen molar-refractivity contribution in [1.29, 1.82) is 0 Å². The van der Waals surface area contributed by atoms with Crippen molar-refractivity contribution >= 4 is 23.8 Å². The molecule has 1 heterocycles. The molecule has 1 amide bonds. The number of hydrogen-bond donors (Lipinski definition) is 1. The van der Waals surface area contributed by atoms with Gasteiger partial charge in [-0.05, 0) is 65.6 Å². The van der Waals surface area contributed by atoms with E-state index in [4.69, 9.17) is 15.5 Å². The van der Waals surface area contributed by atoms with E-state index in [0.717, 1.165) is 28.1 Å². The number of aliphatic imine (C=N–C) groups is 1. The van der Waals surface area contributed by atoms with Crippen molar-refractivity contribution in [2.45, 2.75) is 122 Å². The van der Waals surface area contributed by atoms with E-state index in [9.17, 15) is 10.2 Å². The molecule has 8 rings (SSSR count). The maximum Gasteiger partial charge on any atom is 0.128 e. The fraction of sp³-hybridized carbons (Fsp3) is 0.386. The summed E-state index contributed by atoms with van der Waals surface area (Å²) in [4.78, 5) is 18.5. The molecule has 0 bridgehead atoms. The Kier molecular flexibility index (Phi) is 22.2. The van der Waals surface area contributed by atoms with Gasteiger partial charge in [-0.15, -0.1) is 30.2 Å². The minimum absolute atomic E-state index is 0. The SMILES string of the molecule is COc1ccccc1N1C(=[N-])NCC1c1c(C(C)C)cccc1C(C)C.[CH2-]c1ccccc1.[CH2-]c1ccccc1.[Hf].[NH-]C(=O)c1ccccc1C([C-]=NC1CCCCC1)C1CCCCC1. The molecule has 3 fully saturated rings. The quantitative estimate of drug-likeness (QED) is 0.0855. The van der Waals surface area contributed by atoms with Gasteiger partial charge in [-0.1, -0.05) is 157 Å². The third kappa shape index (κ3) is 15.5. The van der Waals surface area contributed by atoms with Crippen LogP contribution in [-0.2, 0) is 25.8 Å². The second kappa shape index (κ2) is 27.4. The summed E-state index contributed by atoms with van der Waals surface area (Å²) in [5.41, 5.74) is 16.1. The minimum atomic E-state index is -0.592. The van der Waals surface area contributed by atoms with Gasteiger partial charge in [-0.2, -0.15) is 49.2 Å². The molecule has 0 aromatic heterocycles. The number of benzene rings is 5. The van der Waals surface area contributed by atoms with E-state index in [1.807, 2.05) is 108 Å². The molecule has 1 saturated heterocycles. The summed E-state index contributed by atoms with van der Waals surface area (Å²) < 4.78 is 5.55. The minimum Gasteiger partial charge on any atom is -0.664 e. The van der Waals surface area contributed by atoms with Crippen molar-refractivity contribution < 1.29 is 35.4 Å². The van der Waals surface area contributed by atoms with Crippen molar-refractivity contribution in [3.8, 4) is 5.75 Å². The zero-order valence-corrected chi connectivity index (χ0v) is 43.0. The first-order valence-electron chi connectivity index (χ1n) is 23.4. The average Bonchev–Trinajstić information content (AvgIpc) is 3.71. The Bertz CT molecular complexity index is 2130. The molecule has 2 unspecified atom stereocenters. The largest absolute Gasteiger partial charge is 0.664 e. The maximum atomic E-state index is 11.8. The molecule has 8 heteroatoms. The van der Waals surface area contributed by atoms with Crippen LogP contribution in [0.5, 0.6) is 5.75 Å². The summed E-state index contributed by atoms with van der Waals surface area (Å²) in [7, 11) is 1.66. The number of anilines is 1. The number of nitrogens with zero attached hydrogens (tertiary/aromatic N) is 3. The number of ether oxygens (including phenoxy) is 1. The third-order valence-electron chi connectivity index (χ3n) is 12.4. The van der Waals surface area contributed by atoms with Gasteiger partial charge in [0.2, 0.25) is 0 Å². The topological polar surface area (TPSA) is 100 Å². The first-order valence-corrected chi connectivity index (χ1v) is 23.4. The van der Waals surface area contributed by atoms with E-state index in [-0.39, 0.29) is 43.8 Å². The summed E-state index contributed by atoms with van der Waals surface area (Å²) in [5.74, 6) is 1.72. The molecule has 5 aromatic carbocycles. The van der Waals surface area contributed by atoms with Gasteiger partial charge in [0.05, 0.1) is 13.0 Å². The molecule has 2 aliphatic carbocycles. The first kappa shape index (κ1) is 52.5. The van der Waals surface area contributed by atoms with Gasteiger partial charge >= 0.3 is 0 Å². The van der Waals surface area contributed by atoms with Crippen molar-refractivity contribution in [3.63, 3.8) is 0 Å². The standard InChI is InChI=1S/C22H28N3O.C21H29N2O.2C7H7.Hf/c1-14(2)16-9-8-10-17(15(3)4)21(16)19-13-24-22(23)25(19)18-11-6-7-12-20(18)26-5;22-21(24)19-14-8-7-13-18(19)20(16-9-3-1-4-10-16)15-23-17-11-5-2-6-12-17;2*1-7-5-3-2-4-6-7;/h6-12,14-15,19H,13H2,1-5H3,(H-,23,24);7-8,13-14,16-17,20H,1-6,9-12H2,(H2,22,24);2*2-6H,1H2;/q4*-1;/p-1. The maximum absolute atomic E-state index is 11.8. The number of carbonyl (C=O) groups excluding carboxylic acids is 1. The molecule has 344 valence electrons. The van der Waals surface area contributed by atoms with Crippen molar-refractivity contribution in [2.75, 3.05) is 18.6 Å². The molecule has 7 nitrogen and oxygen atoms in total. The Morgan fingerprint density at radius 3 is 1.71 bits per heavy atom. The van der Waals surface area contributed by atoms with Gasteiger partial charge in [0.15, 0.2) is 0 Å². The number of carbonyl (C=O) groups is 1. The van der Waals surface area contributed by atoms with Crippen molar-refractivity contribution in [2.24, 2.45) is 10.9 Å². The van der Waals surface area contributed by atoms with Crippen LogP contribution in [0.3, 0.4) is 0 Å². The molecule has 65 heavy (non-hydrogen) atoms. The Morgan fingerprint density at radius 1 is 0.708 bits per heavy atom. The normalized spacial score (nSPS) is 16.8. The van der Waals surface area contributed by atoms with Crippen molar-refractivity contribution in [1.82, 2.24) is 5.32 Å². The van der Waals surface area contributed by atoms with Crippen LogP contribution in [0.2, 0.25) is 0 Å². The van der Waals surface area contributed by atoms with Crippen molar-refractivity contribution in [3.05, 3.63) is 191 Å². The van der Waals surface area contributed by atoms with Crippen LogP contribution in [0, 0.1) is 19.8 Å². The van der Waals surface area contributed by atoms with Gasteiger partial charge in [-0.25, -0.2) is 0 Å². The molecular formula is C57H70HfN5O2-5. The second-order valence-corrected chi connectivity index (χ2v) is 17.7. The fourth-order valence-electron chi connectivity index (χ4n) is 9.07. The Balaban J connectivity index is 0.000000217. The average molecular weight is 1040 g/mol. The second-order valence-electron chi connectivity index (χ2n) is 17.7. The van der Waals surface area contributed by atoms with Crippen LogP contribution < -0.4 is 15.0 Å². The number of nitrogens with one attached hydrogen (secondary N) is 2. The van der Waals surface area contributed by atoms with E-state index in [1.54, 1.807) is 13.2 Å². The molecule has 0 spiro atoms. The van der Waals surface area contributed by atoms with Gasteiger partial charge in [0, 0.05) is 49.6 Å². The van der Waals surface area contributed by atoms with E-state index >= 15 is 0 Å². The zero-order valence-electron chi connectivity index (χ0n) is 39.4. The number of guanidine groups is 1. The molecular weight excluding hydrogens is 965 g/mol. The van der Waals surface area contributed by atoms with E-state index < -0.39 is 5.91 Å². The first-order chi connectivity index (χ1) is 31.0. The van der Waals surface area contributed by atoms with Gasteiger partial charge in [0.25, 0.3) is 0 Å². The molecule has 0 radical (unpaired) electrons. The number of hydrogen-bond acceptors (Lipinski definition) is 3. The zero-order chi connectivity index (χ0) is 45.8. The van der Waals surface area contributed by atoms with Gasteiger partial charge < -0.3 is 42.1 Å². The van der Waals surface area contributed by atoms with Crippen LogP contribution in [-0.4, -0.2) is 37.8 Å². The monoisotopic (exact) mass is 1040 g/mol. The smallest absolute Gasteiger partial charge is 0.128 e. The molecule has 2 atom stereocenters. The predicted octanol–water partition coefficient (Wildman–Crippen LogP) is 14.6. The predicted molar refractivity (Wildman–Crippen MR) is 270 cm³/mol. The third-order valence-corrected chi connectivity index (χ3v) is 12.4. The summed E-state index contributed by atoms with van der Waals surface area (Å²) in [6.45, 7) is 17.0. The number of amides is 1. The number of para-hydroxylation sites is 2. The summed E-state index contributed by atoms with van der Waals surface area (Å²) in [6.07, 6.45) is 15.8. The Labute approximate surface area is 410 Å². The number of methoxy groups -OCH3 is 1.